The van der Waals surface area contributed by atoms with Gasteiger partial charge in [0.15, 0.2) is 0 Å². The van der Waals surface area contributed by atoms with Gasteiger partial charge < -0.3 is 0 Å². The van der Waals surface area contributed by atoms with Gasteiger partial charge in [-0.15, -0.1) is 0 Å². The average Bonchev–Trinajstić information content (AvgIpc) is 2.67. The predicted octanol–water partition coefficient (Wildman–Crippen LogP) is 9.11. The second kappa shape index (κ2) is 9.30. The Morgan fingerprint density at radius 1 is 0.321 bits per heavy atom. The molecule has 0 aromatic heterocycles. The Hall–Kier alpha value is -0.200. The molecular formula is C24H14I4. The fraction of sp³-hybridized carbons (Fsp3) is 0. The van der Waals surface area contributed by atoms with Crippen LogP contribution in [0.4, 0.5) is 0 Å². The first kappa shape index (κ1) is 21.0. The van der Waals surface area contributed by atoms with Gasteiger partial charge >= 0.3 is 0 Å². The molecule has 0 saturated heterocycles. The van der Waals surface area contributed by atoms with Gasteiger partial charge in [0.1, 0.15) is 0 Å². The molecule has 0 N–H and O–H groups in total. The summed E-state index contributed by atoms with van der Waals surface area (Å²) in [6, 6.07) is 31.0. The van der Waals surface area contributed by atoms with E-state index in [0.29, 0.717) is 0 Å². The van der Waals surface area contributed by atoms with E-state index in [2.05, 4.69) is 175 Å². The summed E-state index contributed by atoms with van der Waals surface area (Å²) in [5.74, 6) is 0. The molecule has 0 aliphatic carbocycles. The van der Waals surface area contributed by atoms with Crippen LogP contribution in [-0.4, -0.2) is 0 Å². The molecule has 0 heterocycles. The number of hydrogen-bond acceptors (Lipinski definition) is 0. The first-order chi connectivity index (χ1) is 13.5. The molecule has 0 atom stereocenters. The molecular weight excluding hydrogens is 796 g/mol. The van der Waals surface area contributed by atoms with Crippen LogP contribution in [0.2, 0.25) is 0 Å². The Labute approximate surface area is 220 Å². The molecule has 0 radical (unpaired) electrons. The van der Waals surface area contributed by atoms with E-state index in [1.54, 1.807) is 0 Å². The highest BCUT2D eigenvalue weighted by Crippen LogP contribution is 2.35. The van der Waals surface area contributed by atoms with Gasteiger partial charge in [0.25, 0.3) is 0 Å². The summed E-state index contributed by atoms with van der Waals surface area (Å²) in [5, 5.41) is 0. The van der Waals surface area contributed by atoms with Crippen molar-refractivity contribution in [2.24, 2.45) is 0 Å². The molecule has 0 aliphatic heterocycles. The van der Waals surface area contributed by atoms with E-state index >= 15 is 0 Å². The van der Waals surface area contributed by atoms with Crippen LogP contribution in [0, 0.1) is 14.3 Å². The molecule has 138 valence electrons. The lowest BCUT2D eigenvalue weighted by Crippen LogP contribution is -1.89. The van der Waals surface area contributed by atoms with Gasteiger partial charge in [0, 0.05) is 14.3 Å². The highest BCUT2D eigenvalue weighted by atomic mass is 127. The second-order valence-electron chi connectivity index (χ2n) is 6.48. The van der Waals surface area contributed by atoms with Gasteiger partial charge in [-0.1, -0.05) is 30.3 Å². The largest absolute Gasteiger partial charge is 0.0622 e. The minimum absolute atomic E-state index is 1.24. The van der Waals surface area contributed by atoms with Crippen LogP contribution in [0.15, 0.2) is 84.9 Å². The zero-order valence-electron chi connectivity index (χ0n) is 14.6. The lowest BCUT2D eigenvalue weighted by molar-refractivity contribution is 1.52. The average molecular weight is 810 g/mol. The van der Waals surface area contributed by atoms with Crippen molar-refractivity contribution in [3.63, 3.8) is 0 Å². The molecule has 0 saturated carbocycles. The Balaban J connectivity index is 1.95. The maximum absolute atomic E-state index is 2.40. The van der Waals surface area contributed by atoms with Gasteiger partial charge in [0.05, 0.1) is 0 Å². The van der Waals surface area contributed by atoms with Crippen LogP contribution in [0.3, 0.4) is 0 Å². The number of hydrogen-bond donors (Lipinski definition) is 0. The monoisotopic (exact) mass is 810 g/mol. The molecule has 0 unspecified atom stereocenters. The zero-order chi connectivity index (χ0) is 19.7. The van der Waals surface area contributed by atoms with E-state index in [9.17, 15) is 0 Å². The SMILES string of the molecule is Ic1cc(I)cc(-c2cc(-c3ccccc3)cc(-c3cc(I)cc(I)c3)c2)c1. The van der Waals surface area contributed by atoms with E-state index in [1.165, 1.54) is 47.7 Å². The first-order valence-electron chi connectivity index (χ1n) is 8.61. The molecule has 0 bridgehead atoms. The van der Waals surface area contributed by atoms with Gasteiger partial charge in [-0.3, -0.25) is 0 Å². The lowest BCUT2D eigenvalue weighted by Gasteiger charge is -2.12. The highest BCUT2D eigenvalue weighted by Gasteiger charge is 2.09. The summed E-state index contributed by atoms with van der Waals surface area (Å²) < 4.78 is 5.04. The standard InChI is InChI=1S/C24H14I4/c25-21-9-19(10-22(26)13-21)17-6-16(15-4-2-1-3-5-15)7-18(8-17)20-11-23(27)14-24(28)12-20/h1-14H. The van der Waals surface area contributed by atoms with E-state index in [4.69, 9.17) is 0 Å². The highest BCUT2D eigenvalue weighted by molar-refractivity contribution is 14.1. The van der Waals surface area contributed by atoms with Crippen LogP contribution in [-0.2, 0) is 0 Å². The van der Waals surface area contributed by atoms with Crippen molar-refractivity contribution in [2.75, 3.05) is 0 Å². The van der Waals surface area contributed by atoms with Crippen molar-refractivity contribution in [2.45, 2.75) is 0 Å². The molecule has 0 amide bonds. The first-order valence-corrected chi connectivity index (χ1v) is 12.9. The molecule has 0 spiro atoms. The molecule has 4 rings (SSSR count). The summed E-state index contributed by atoms with van der Waals surface area (Å²) in [7, 11) is 0. The molecule has 4 heteroatoms. The molecule has 4 aromatic rings. The molecule has 0 aliphatic rings. The quantitative estimate of drug-likeness (QED) is 0.181. The number of rotatable bonds is 3. The van der Waals surface area contributed by atoms with E-state index < -0.39 is 0 Å². The topological polar surface area (TPSA) is 0 Å². The Morgan fingerprint density at radius 3 is 1.04 bits per heavy atom. The Morgan fingerprint density at radius 2 is 0.643 bits per heavy atom. The maximum atomic E-state index is 2.40. The predicted molar refractivity (Wildman–Crippen MR) is 154 cm³/mol. The van der Waals surface area contributed by atoms with Crippen molar-refractivity contribution in [3.05, 3.63) is 99.2 Å². The summed E-state index contributed by atoms with van der Waals surface area (Å²) in [5.41, 5.74) is 7.51. The van der Waals surface area contributed by atoms with Crippen LogP contribution in [0.1, 0.15) is 0 Å². The van der Waals surface area contributed by atoms with Crippen molar-refractivity contribution < 1.29 is 0 Å². The van der Waals surface area contributed by atoms with Crippen LogP contribution >= 0.6 is 90.4 Å². The van der Waals surface area contributed by atoms with E-state index in [0.717, 1.165) is 0 Å². The fourth-order valence-corrected chi connectivity index (χ4v) is 7.07. The van der Waals surface area contributed by atoms with Crippen molar-refractivity contribution >= 4 is 90.4 Å². The second-order valence-corrected chi connectivity index (χ2v) is 11.5. The van der Waals surface area contributed by atoms with Gasteiger partial charge in [-0.05, 0) is 178 Å². The van der Waals surface area contributed by atoms with Gasteiger partial charge in [0.2, 0.25) is 0 Å². The van der Waals surface area contributed by atoms with Gasteiger partial charge in [-0.2, -0.15) is 0 Å². The number of benzene rings is 4. The third-order valence-electron chi connectivity index (χ3n) is 4.43. The summed E-state index contributed by atoms with van der Waals surface area (Å²) >= 11 is 9.60. The van der Waals surface area contributed by atoms with Gasteiger partial charge in [-0.25, -0.2) is 0 Å². The summed E-state index contributed by atoms with van der Waals surface area (Å²) in [6.45, 7) is 0. The molecule has 0 fully saturated rings. The van der Waals surface area contributed by atoms with E-state index in [1.807, 2.05) is 0 Å². The van der Waals surface area contributed by atoms with Crippen LogP contribution in [0.25, 0.3) is 33.4 Å². The van der Waals surface area contributed by atoms with Crippen molar-refractivity contribution in [3.8, 4) is 33.4 Å². The maximum Gasteiger partial charge on any atom is 0.0147 e. The minimum atomic E-state index is 1.24. The molecule has 4 aromatic carbocycles. The molecule has 0 nitrogen and oxygen atoms in total. The third kappa shape index (κ3) is 5.10. The number of halogens is 4. The van der Waals surface area contributed by atoms with Crippen LogP contribution < -0.4 is 0 Å². The van der Waals surface area contributed by atoms with E-state index in [-0.39, 0.29) is 0 Å². The Bertz CT molecular complexity index is 1040. The summed E-state index contributed by atoms with van der Waals surface area (Å²) in [6.07, 6.45) is 0. The zero-order valence-corrected chi connectivity index (χ0v) is 23.2. The smallest absolute Gasteiger partial charge is 0.0147 e. The Kier molecular flexibility index (Phi) is 6.99. The molecule has 28 heavy (non-hydrogen) atoms. The summed E-state index contributed by atoms with van der Waals surface area (Å²) in [4.78, 5) is 0. The van der Waals surface area contributed by atoms with Crippen molar-refractivity contribution in [1.29, 1.82) is 0 Å². The van der Waals surface area contributed by atoms with Crippen LogP contribution in [0.5, 0.6) is 0 Å². The fourth-order valence-electron chi connectivity index (χ4n) is 3.20. The normalized spacial score (nSPS) is 10.9. The lowest BCUT2D eigenvalue weighted by atomic mass is 9.93. The minimum Gasteiger partial charge on any atom is -0.0622 e. The third-order valence-corrected chi connectivity index (χ3v) is 6.92. The van der Waals surface area contributed by atoms with Crippen molar-refractivity contribution in [1.82, 2.24) is 0 Å².